The molecule has 108 valence electrons. The number of nitrogens with two attached hydrogens (primary N) is 1. The molecule has 1 unspecified atom stereocenters. The van der Waals surface area contributed by atoms with Gasteiger partial charge in [0.2, 0.25) is 0 Å². The number of hydrogen-bond donors (Lipinski definition) is 2. The van der Waals surface area contributed by atoms with Crippen LogP contribution in [0.5, 0.6) is 0 Å². The average Bonchev–Trinajstić information content (AvgIpc) is 2.80. The quantitative estimate of drug-likeness (QED) is 0.659. The summed E-state index contributed by atoms with van der Waals surface area (Å²) < 4.78 is 1.84. The van der Waals surface area contributed by atoms with Gasteiger partial charge < -0.3 is 0 Å². The van der Waals surface area contributed by atoms with E-state index in [0.29, 0.717) is 16.5 Å². The van der Waals surface area contributed by atoms with Crippen LogP contribution in [0, 0.1) is 0 Å². The summed E-state index contributed by atoms with van der Waals surface area (Å²) in [6.45, 7) is 2.07. The minimum atomic E-state index is -0.0924. The smallest absolute Gasteiger partial charge is 0.0670 e. The zero-order valence-electron chi connectivity index (χ0n) is 11.5. The van der Waals surface area contributed by atoms with Crippen molar-refractivity contribution in [3.05, 3.63) is 51.3 Å². The molecule has 1 heterocycles. The molecule has 2 rings (SSSR count). The van der Waals surface area contributed by atoms with Gasteiger partial charge in [0.1, 0.15) is 0 Å². The summed E-state index contributed by atoms with van der Waals surface area (Å²) in [5.74, 6) is 5.70. The normalized spacial score (nSPS) is 12.7. The lowest BCUT2D eigenvalue weighted by atomic mass is 10.0. The van der Waals surface area contributed by atoms with Crippen molar-refractivity contribution in [1.82, 2.24) is 15.2 Å². The van der Waals surface area contributed by atoms with Crippen LogP contribution in [-0.4, -0.2) is 9.78 Å². The van der Waals surface area contributed by atoms with E-state index in [1.54, 1.807) is 0 Å². The van der Waals surface area contributed by atoms with Gasteiger partial charge in [-0.15, -0.1) is 0 Å². The Hall–Kier alpha value is -1.07. The second-order valence-electron chi connectivity index (χ2n) is 4.66. The van der Waals surface area contributed by atoms with E-state index in [0.717, 1.165) is 23.4 Å². The topological polar surface area (TPSA) is 55.9 Å². The molecule has 0 radical (unpaired) electrons. The number of aryl methyl sites for hydroxylation is 2. The van der Waals surface area contributed by atoms with Crippen LogP contribution in [0.4, 0.5) is 0 Å². The van der Waals surface area contributed by atoms with E-state index in [1.807, 2.05) is 29.9 Å². The third-order valence-electron chi connectivity index (χ3n) is 3.36. The van der Waals surface area contributed by atoms with Crippen molar-refractivity contribution >= 4 is 23.2 Å². The van der Waals surface area contributed by atoms with E-state index in [9.17, 15) is 0 Å². The average molecular weight is 313 g/mol. The van der Waals surface area contributed by atoms with E-state index in [-0.39, 0.29) is 6.04 Å². The van der Waals surface area contributed by atoms with E-state index >= 15 is 0 Å². The molecule has 4 nitrogen and oxygen atoms in total. The molecule has 1 atom stereocenters. The molecule has 0 aliphatic rings. The van der Waals surface area contributed by atoms with Crippen LogP contribution in [-0.2, 0) is 19.9 Å². The molecule has 0 aliphatic heterocycles. The summed E-state index contributed by atoms with van der Waals surface area (Å²) in [5, 5.41) is 5.74. The van der Waals surface area contributed by atoms with Crippen molar-refractivity contribution in [2.24, 2.45) is 12.9 Å². The molecule has 0 saturated carbocycles. The first-order chi connectivity index (χ1) is 9.56. The number of benzene rings is 1. The Bertz CT molecular complexity index is 575. The first-order valence-corrected chi connectivity index (χ1v) is 7.24. The highest BCUT2D eigenvalue weighted by Gasteiger charge is 2.18. The standard InChI is InChI=1S/C14H18Cl2N4/c1-3-9-7-14(20(2)19-9)13(18-17)8-10-11(15)5-4-6-12(10)16/h4-7,13,18H,3,8,17H2,1-2H3. The molecule has 0 aliphatic carbocycles. The van der Waals surface area contributed by atoms with Gasteiger partial charge in [0.05, 0.1) is 17.4 Å². The van der Waals surface area contributed by atoms with Crippen LogP contribution in [0.25, 0.3) is 0 Å². The number of hydrazine groups is 1. The SMILES string of the molecule is CCc1cc(C(Cc2c(Cl)cccc2Cl)NN)n(C)n1. The van der Waals surface area contributed by atoms with E-state index in [2.05, 4.69) is 23.5 Å². The largest absolute Gasteiger partial charge is 0.271 e. The highest BCUT2D eigenvalue weighted by molar-refractivity contribution is 6.36. The maximum Gasteiger partial charge on any atom is 0.0670 e. The molecule has 20 heavy (non-hydrogen) atoms. The van der Waals surface area contributed by atoms with Crippen molar-refractivity contribution in [2.75, 3.05) is 0 Å². The van der Waals surface area contributed by atoms with Gasteiger partial charge in [-0.05, 0) is 36.6 Å². The molecule has 0 fully saturated rings. The fourth-order valence-corrected chi connectivity index (χ4v) is 2.77. The Balaban J connectivity index is 2.31. The van der Waals surface area contributed by atoms with Crippen LogP contribution in [0.2, 0.25) is 10.0 Å². The molecule has 1 aromatic heterocycles. The predicted molar refractivity (Wildman–Crippen MR) is 82.8 cm³/mol. The summed E-state index contributed by atoms with van der Waals surface area (Å²) in [6.07, 6.45) is 1.50. The van der Waals surface area contributed by atoms with Gasteiger partial charge in [-0.3, -0.25) is 16.0 Å². The summed E-state index contributed by atoms with van der Waals surface area (Å²) in [4.78, 5) is 0. The Morgan fingerprint density at radius 1 is 1.35 bits per heavy atom. The highest BCUT2D eigenvalue weighted by atomic mass is 35.5. The van der Waals surface area contributed by atoms with Gasteiger partial charge in [0.25, 0.3) is 0 Å². The summed E-state index contributed by atoms with van der Waals surface area (Å²) >= 11 is 12.4. The number of nitrogens with zero attached hydrogens (tertiary/aromatic N) is 2. The summed E-state index contributed by atoms with van der Waals surface area (Å²) in [6, 6.07) is 7.45. The molecule has 0 amide bonds. The zero-order valence-corrected chi connectivity index (χ0v) is 13.0. The van der Waals surface area contributed by atoms with Crippen LogP contribution in [0.1, 0.15) is 29.9 Å². The minimum absolute atomic E-state index is 0.0924. The Morgan fingerprint density at radius 3 is 2.50 bits per heavy atom. The number of halogens is 2. The van der Waals surface area contributed by atoms with Crippen LogP contribution in [0.15, 0.2) is 24.3 Å². The van der Waals surface area contributed by atoms with Gasteiger partial charge in [0, 0.05) is 17.1 Å². The first kappa shape index (κ1) is 15.3. The van der Waals surface area contributed by atoms with Crippen molar-refractivity contribution < 1.29 is 0 Å². The van der Waals surface area contributed by atoms with E-state index < -0.39 is 0 Å². The molecule has 1 aromatic carbocycles. The molecule has 0 saturated heterocycles. The molecule has 2 aromatic rings. The third kappa shape index (κ3) is 3.15. The maximum atomic E-state index is 6.21. The Labute approximate surface area is 128 Å². The minimum Gasteiger partial charge on any atom is -0.271 e. The lowest BCUT2D eigenvalue weighted by Crippen LogP contribution is -2.31. The lowest BCUT2D eigenvalue weighted by Gasteiger charge is -2.17. The number of nitrogens with one attached hydrogen (secondary N) is 1. The molecular formula is C14H18Cl2N4. The third-order valence-corrected chi connectivity index (χ3v) is 4.07. The van der Waals surface area contributed by atoms with Gasteiger partial charge in [-0.1, -0.05) is 36.2 Å². The summed E-state index contributed by atoms with van der Waals surface area (Å²) in [7, 11) is 1.91. The number of hydrogen-bond acceptors (Lipinski definition) is 3. The van der Waals surface area contributed by atoms with Crippen molar-refractivity contribution in [3.8, 4) is 0 Å². The second-order valence-corrected chi connectivity index (χ2v) is 5.48. The molecule has 0 spiro atoms. The first-order valence-electron chi connectivity index (χ1n) is 6.48. The van der Waals surface area contributed by atoms with Gasteiger partial charge in [-0.25, -0.2) is 0 Å². The predicted octanol–water partition coefficient (Wildman–Crippen LogP) is 3.04. The molecule has 3 N–H and O–H groups in total. The van der Waals surface area contributed by atoms with E-state index in [1.165, 1.54) is 0 Å². The van der Waals surface area contributed by atoms with Crippen LogP contribution < -0.4 is 11.3 Å². The van der Waals surface area contributed by atoms with Crippen LogP contribution >= 0.6 is 23.2 Å². The number of aromatic nitrogens is 2. The van der Waals surface area contributed by atoms with Crippen molar-refractivity contribution in [2.45, 2.75) is 25.8 Å². The van der Waals surface area contributed by atoms with Gasteiger partial charge >= 0.3 is 0 Å². The highest BCUT2D eigenvalue weighted by Crippen LogP contribution is 2.29. The van der Waals surface area contributed by atoms with Crippen molar-refractivity contribution in [1.29, 1.82) is 0 Å². The Morgan fingerprint density at radius 2 is 2.00 bits per heavy atom. The monoisotopic (exact) mass is 312 g/mol. The van der Waals surface area contributed by atoms with Gasteiger partial charge in [0.15, 0.2) is 0 Å². The zero-order chi connectivity index (χ0) is 14.7. The van der Waals surface area contributed by atoms with Crippen LogP contribution in [0.3, 0.4) is 0 Å². The fourth-order valence-electron chi connectivity index (χ4n) is 2.22. The van der Waals surface area contributed by atoms with Crippen molar-refractivity contribution in [3.63, 3.8) is 0 Å². The maximum absolute atomic E-state index is 6.21. The molecule has 0 bridgehead atoms. The Kier molecular flexibility index (Phi) is 5.05. The summed E-state index contributed by atoms with van der Waals surface area (Å²) in [5.41, 5.74) is 5.76. The van der Waals surface area contributed by atoms with E-state index in [4.69, 9.17) is 29.0 Å². The lowest BCUT2D eigenvalue weighted by molar-refractivity contribution is 0.508. The van der Waals surface area contributed by atoms with Gasteiger partial charge in [-0.2, -0.15) is 5.10 Å². The molecular weight excluding hydrogens is 295 g/mol. The second kappa shape index (κ2) is 6.59. The molecule has 6 heteroatoms. The number of rotatable bonds is 5. The fraction of sp³-hybridized carbons (Fsp3) is 0.357.